The van der Waals surface area contributed by atoms with Gasteiger partial charge < -0.3 is 15.8 Å². The lowest BCUT2D eigenvalue weighted by Gasteiger charge is -2.10. The number of carbonyl (C=O) groups is 2. The van der Waals surface area contributed by atoms with Crippen LogP contribution in [0.25, 0.3) is 0 Å². The summed E-state index contributed by atoms with van der Waals surface area (Å²) < 4.78 is 6.72. The van der Waals surface area contributed by atoms with Crippen LogP contribution in [0.4, 0.5) is 5.69 Å². The highest BCUT2D eigenvalue weighted by Crippen LogP contribution is 2.21. The quantitative estimate of drug-likeness (QED) is 0.862. The van der Waals surface area contributed by atoms with Gasteiger partial charge >= 0.3 is 0 Å². The number of para-hydroxylation sites is 1. The molecule has 21 heavy (non-hydrogen) atoms. The van der Waals surface area contributed by atoms with Crippen molar-refractivity contribution in [2.24, 2.45) is 12.8 Å². The summed E-state index contributed by atoms with van der Waals surface area (Å²) in [6.45, 7) is 2.28. The molecule has 7 heteroatoms. The third kappa shape index (κ3) is 3.02. The standard InChI is InChI=1S/C14H16N4O3/c1-3-21-11-7-5-4-6-9(11)14(20)17-10-8-16-18(2)12(10)13(15)19/h4-8H,3H2,1-2H3,(H2,15,19)(H,17,20). The van der Waals surface area contributed by atoms with Crippen molar-refractivity contribution in [1.29, 1.82) is 0 Å². The van der Waals surface area contributed by atoms with Gasteiger partial charge in [0, 0.05) is 7.05 Å². The second-order valence-electron chi connectivity index (χ2n) is 4.28. The number of aromatic nitrogens is 2. The van der Waals surface area contributed by atoms with Crippen molar-refractivity contribution in [1.82, 2.24) is 9.78 Å². The molecule has 0 bridgehead atoms. The number of nitrogens with one attached hydrogen (secondary N) is 1. The maximum Gasteiger partial charge on any atom is 0.269 e. The molecule has 2 aromatic rings. The predicted octanol–water partition coefficient (Wildman–Crippen LogP) is 1.17. The van der Waals surface area contributed by atoms with Crippen molar-refractivity contribution in [2.75, 3.05) is 11.9 Å². The van der Waals surface area contributed by atoms with Gasteiger partial charge in [-0.15, -0.1) is 0 Å². The van der Waals surface area contributed by atoms with E-state index in [-0.39, 0.29) is 11.4 Å². The molecule has 1 aromatic carbocycles. The van der Waals surface area contributed by atoms with Crippen LogP contribution in [0.15, 0.2) is 30.5 Å². The molecule has 0 unspecified atom stereocenters. The zero-order chi connectivity index (χ0) is 15.4. The molecule has 0 saturated carbocycles. The lowest BCUT2D eigenvalue weighted by molar-refractivity contribution is 0.0992. The molecule has 0 saturated heterocycles. The smallest absolute Gasteiger partial charge is 0.269 e. The fourth-order valence-electron chi connectivity index (χ4n) is 1.95. The normalized spacial score (nSPS) is 10.2. The summed E-state index contributed by atoms with van der Waals surface area (Å²) in [5.41, 5.74) is 6.05. The first-order valence-electron chi connectivity index (χ1n) is 6.39. The number of carbonyl (C=O) groups excluding carboxylic acids is 2. The molecule has 0 aliphatic carbocycles. The highest BCUT2D eigenvalue weighted by molar-refractivity contribution is 6.09. The second-order valence-corrected chi connectivity index (χ2v) is 4.28. The molecule has 1 aromatic heterocycles. The van der Waals surface area contributed by atoms with Gasteiger partial charge in [0.15, 0.2) is 0 Å². The number of benzene rings is 1. The summed E-state index contributed by atoms with van der Waals surface area (Å²) >= 11 is 0. The fourth-order valence-corrected chi connectivity index (χ4v) is 1.95. The van der Waals surface area contributed by atoms with Gasteiger partial charge in [-0.3, -0.25) is 14.3 Å². The number of hydrogen-bond acceptors (Lipinski definition) is 4. The van der Waals surface area contributed by atoms with Crippen molar-refractivity contribution in [3.05, 3.63) is 41.7 Å². The maximum absolute atomic E-state index is 12.3. The van der Waals surface area contributed by atoms with E-state index in [9.17, 15) is 9.59 Å². The summed E-state index contributed by atoms with van der Waals surface area (Å²) in [4.78, 5) is 23.7. The number of rotatable bonds is 5. The van der Waals surface area contributed by atoms with Gasteiger partial charge in [-0.2, -0.15) is 5.10 Å². The van der Waals surface area contributed by atoms with E-state index in [4.69, 9.17) is 10.5 Å². The molecule has 0 radical (unpaired) electrons. The molecule has 0 aliphatic rings. The van der Waals surface area contributed by atoms with E-state index >= 15 is 0 Å². The molecule has 2 rings (SSSR count). The van der Waals surface area contributed by atoms with Crippen LogP contribution in [0.1, 0.15) is 27.8 Å². The molecule has 0 fully saturated rings. The Morgan fingerprint density at radius 1 is 1.38 bits per heavy atom. The van der Waals surface area contributed by atoms with E-state index in [2.05, 4.69) is 10.4 Å². The van der Waals surface area contributed by atoms with Crippen molar-refractivity contribution >= 4 is 17.5 Å². The Hall–Kier alpha value is -2.83. The molecule has 2 amide bonds. The van der Waals surface area contributed by atoms with Gasteiger partial charge in [0.2, 0.25) is 0 Å². The average molecular weight is 288 g/mol. The molecule has 3 N–H and O–H groups in total. The summed E-state index contributed by atoms with van der Waals surface area (Å²) in [7, 11) is 1.57. The van der Waals surface area contributed by atoms with Gasteiger partial charge in [-0.05, 0) is 19.1 Å². The monoisotopic (exact) mass is 288 g/mol. The maximum atomic E-state index is 12.3. The number of nitrogens with two attached hydrogens (primary N) is 1. The zero-order valence-electron chi connectivity index (χ0n) is 11.8. The van der Waals surface area contributed by atoms with Crippen LogP contribution in [0, 0.1) is 0 Å². The summed E-state index contributed by atoms with van der Waals surface area (Å²) in [5, 5.41) is 6.54. The SMILES string of the molecule is CCOc1ccccc1C(=O)Nc1cnn(C)c1C(N)=O. The minimum Gasteiger partial charge on any atom is -0.493 e. The van der Waals surface area contributed by atoms with E-state index < -0.39 is 11.8 Å². The topological polar surface area (TPSA) is 99.2 Å². The Morgan fingerprint density at radius 3 is 2.76 bits per heavy atom. The summed E-state index contributed by atoms with van der Waals surface area (Å²) in [5.74, 6) is -0.583. The number of ether oxygens (including phenoxy) is 1. The largest absolute Gasteiger partial charge is 0.493 e. The first kappa shape index (κ1) is 14.6. The highest BCUT2D eigenvalue weighted by Gasteiger charge is 2.18. The minimum atomic E-state index is -0.664. The van der Waals surface area contributed by atoms with Crippen LogP contribution in [0.5, 0.6) is 5.75 Å². The molecular formula is C14H16N4O3. The third-order valence-corrected chi connectivity index (χ3v) is 2.85. The van der Waals surface area contributed by atoms with Crippen LogP contribution in [-0.4, -0.2) is 28.2 Å². The van der Waals surface area contributed by atoms with Crippen LogP contribution in [-0.2, 0) is 7.05 Å². The number of anilines is 1. The van der Waals surface area contributed by atoms with E-state index in [1.54, 1.807) is 31.3 Å². The average Bonchev–Trinajstić information content (AvgIpc) is 2.80. The summed E-state index contributed by atoms with van der Waals surface area (Å²) in [6.07, 6.45) is 1.38. The Kier molecular flexibility index (Phi) is 4.22. The molecule has 0 atom stereocenters. The molecule has 0 spiro atoms. The van der Waals surface area contributed by atoms with Crippen molar-refractivity contribution in [2.45, 2.75) is 6.92 Å². The molecule has 7 nitrogen and oxygen atoms in total. The van der Waals surface area contributed by atoms with Crippen molar-refractivity contribution in [3.8, 4) is 5.75 Å². The highest BCUT2D eigenvalue weighted by atomic mass is 16.5. The van der Waals surface area contributed by atoms with Gasteiger partial charge in [-0.1, -0.05) is 12.1 Å². The predicted molar refractivity (Wildman–Crippen MR) is 77.3 cm³/mol. The molecule has 0 aliphatic heterocycles. The lowest BCUT2D eigenvalue weighted by atomic mass is 10.2. The van der Waals surface area contributed by atoms with Gasteiger partial charge in [0.25, 0.3) is 11.8 Å². The van der Waals surface area contributed by atoms with Crippen LogP contribution in [0.3, 0.4) is 0 Å². The number of primary amides is 1. The Bertz CT molecular complexity index is 679. The van der Waals surface area contributed by atoms with Gasteiger partial charge in [0.1, 0.15) is 11.4 Å². The fraction of sp³-hybridized carbons (Fsp3) is 0.214. The number of aryl methyl sites for hydroxylation is 1. The van der Waals surface area contributed by atoms with Crippen molar-refractivity contribution in [3.63, 3.8) is 0 Å². The third-order valence-electron chi connectivity index (χ3n) is 2.85. The first-order chi connectivity index (χ1) is 10.0. The lowest BCUT2D eigenvalue weighted by Crippen LogP contribution is -2.20. The Morgan fingerprint density at radius 2 is 2.10 bits per heavy atom. The Labute approximate surface area is 121 Å². The minimum absolute atomic E-state index is 0.136. The summed E-state index contributed by atoms with van der Waals surface area (Å²) in [6, 6.07) is 6.85. The van der Waals surface area contributed by atoms with E-state index in [1.165, 1.54) is 10.9 Å². The van der Waals surface area contributed by atoms with Crippen LogP contribution in [0.2, 0.25) is 0 Å². The first-order valence-corrected chi connectivity index (χ1v) is 6.39. The van der Waals surface area contributed by atoms with E-state index in [1.807, 2.05) is 6.92 Å². The Balaban J connectivity index is 2.29. The van der Waals surface area contributed by atoms with E-state index in [0.29, 0.717) is 17.9 Å². The van der Waals surface area contributed by atoms with Crippen molar-refractivity contribution < 1.29 is 14.3 Å². The molecule has 1 heterocycles. The van der Waals surface area contributed by atoms with Gasteiger partial charge in [-0.25, -0.2) is 0 Å². The number of amides is 2. The van der Waals surface area contributed by atoms with E-state index in [0.717, 1.165) is 0 Å². The number of nitrogens with zero attached hydrogens (tertiary/aromatic N) is 2. The van der Waals surface area contributed by atoms with Gasteiger partial charge in [0.05, 0.1) is 24.1 Å². The number of hydrogen-bond donors (Lipinski definition) is 2. The second kappa shape index (κ2) is 6.08. The zero-order valence-corrected chi connectivity index (χ0v) is 11.8. The van der Waals surface area contributed by atoms with Crippen LogP contribution < -0.4 is 15.8 Å². The van der Waals surface area contributed by atoms with Crippen LogP contribution >= 0.6 is 0 Å². The molecule has 110 valence electrons. The molecular weight excluding hydrogens is 272 g/mol.